The number of phenols is 1. The first-order chi connectivity index (χ1) is 15.9. The van der Waals surface area contributed by atoms with E-state index in [4.69, 9.17) is 14.2 Å². The minimum Gasteiger partial charge on any atom is -0.507 e. The Kier molecular flexibility index (Phi) is 10.0. The van der Waals surface area contributed by atoms with Gasteiger partial charge in [-0.05, 0) is 48.9 Å². The van der Waals surface area contributed by atoms with E-state index in [1.165, 1.54) is 13.2 Å². The Morgan fingerprint density at radius 1 is 0.788 bits per heavy atom. The summed E-state index contributed by atoms with van der Waals surface area (Å²) < 4.78 is 16.4. The van der Waals surface area contributed by atoms with Crippen LogP contribution in [0.2, 0.25) is 0 Å². The summed E-state index contributed by atoms with van der Waals surface area (Å²) >= 11 is 0. The summed E-state index contributed by atoms with van der Waals surface area (Å²) in [6.45, 7) is 4.15. The minimum atomic E-state index is -1.22. The molecule has 2 aromatic rings. The highest BCUT2D eigenvalue weighted by Crippen LogP contribution is 2.33. The van der Waals surface area contributed by atoms with E-state index in [-0.39, 0.29) is 11.3 Å². The van der Waals surface area contributed by atoms with Crippen molar-refractivity contribution in [3.63, 3.8) is 0 Å². The van der Waals surface area contributed by atoms with E-state index >= 15 is 0 Å². The maximum absolute atomic E-state index is 13.2. The Labute approximate surface area is 195 Å². The number of ether oxygens (including phenoxy) is 3. The molecule has 2 N–H and O–H groups in total. The monoisotopic (exact) mass is 458 g/mol. The molecule has 0 amide bonds. The number of unbranched alkanes of at least 4 members (excludes halogenated alkanes) is 4. The minimum absolute atomic E-state index is 0.0892. The standard InChI is InChI=1S/C26H34O7/c1-5-7-9-11-17-14-20(15-21(27)23(17)25(28)29)33-26(30)24-18(12-10-8-6-2)13-19(31-3)16-22(24)32-4/h13-16,27H,5-12H2,1-4H3,(H,28,29). The number of esters is 1. The molecule has 0 aliphatic carbocycles. The molecule has 0 radical (unpaired) electrons. The average Bonchev–Trinajstić information content (AvgIpc) is 2.78. The molecule has 0 aliphatic rings. The van der Waals surface area contributed by atoms with Crippen LogP contribution >= 0.6 is 0 Å². The Morgan fingerprint density at radius 2 is 1.36 bits per heavy atom. The van der Waals surface area contributed by atoms with Crippen LogP contribution in [0.5, 0.6) is 23.0 Å². The van der Waals surface area contributed by atoms with E-state index in [2.05, 4.69) is 6.92 Å². The van der Waals surface area contributed by atoms with Crippen molar-refractivity contribution in [2.45, 2.75) is 65.2 Å². The van der Waals surface area contributed by atoms with Crippen molar-refractivity contribution in [2.75, 3.05) is 14.2 Å². The Balaban J connectivity index is 2.43. The first-order valence-corrected chi connectivity index (χ1v) is 11.4. The van der Waals surface area contributed by atoms with Crippen molar-refractivity contribution in [2.24, 2.45) is 0 Å². The van der Waals surface area contributed by atoms with Crippen LogP contribution in [0.15, 0.2) is 24.3 Å². The number of carboxylic acids is 1. The highest BCUT2D eigenvalue weighted by Gasteiger charge is 2.23. The molecule has 2 aromatic carbocycles. The van der Waals surface area contributed by atoms with Gasteiger partial charge >= 0.3 is 11.9 Å². The number of methoxy groups -OCH3 is 2. The number of benzene rings is 2. The zero-order chi connectivity index (χ0) is 24.4. The first-order valence-electron chi connectivity index (χ1n) is 11.4. The van der Waals surface area contributed by atoms with E-state index in [9.17, 15) is 19.8 Å². The van der Waals surface area contributed by atoms with E-state index in [1.807, 2.05) is 6.92 Å². The normalized spacial score (nSPS) is 10.7. The largest absolute Gasteiger partial charge is 0.507 e. The van der Waals surface area contributed by atoms with Crippen molar-refractivity contribution < 1.29 is 34.0 Å². The molecule has 0 saturated carbocycles. The summed E-state index contributed by atoms with van der Waals surface area (Å²) in [7, 11) is 3.02. The van der Waals surface area contributed by atoms with Crippen molar-refractivity contribution in [1.29, 1.82) is 0 Å². The van der Waals surface area contributed by atoms with Gasteiger partial charge in [-0.2, -0.15) is 0 Å². The van der Waals surface area contributed by atoms with Crippen LogP contribution in [0.25, 0.3) is 0 Å². The molecule has 0 spiro atoms. The van der Waals surface area contributed by atoms with Crippen LogP contribution in [0.3, 0.4) is 0 Å². The maximum Gasteiger partial charge on any atom is 0.347 e. The highest BCUT2D eigenvalue weighted by molar-refractivity contribution is 5.97. The second-order valence-corrected chi connectivity index (χ2v) is 7.95. The SMILES string of the molecule is CCCCCc1cc(OC(=O)c2c(CCCCC)cc(OC)cc2OC)cc(O)c1C(=O)O. The van der Waals surface area contributed by atoms with E-state index < -0.39 is 17.7 Å². The number of carbonyl (C=O) groups excluding carboxylic acids is 1. The predicted molar refractivity (Wildman–Crippen MR) is 126 cm³/mol. The van der Waals surface area contributed by atoms with Gasteiger partial charge in [-0.1, -0.05) is 39.5 Å². The lowest BCUT2D eigenvalue weighted by atomic mass is 9.99. The van der Waals surface area contributed by atoms with Crippen molar-refractivity contribution in [3.05, 3.63) is 46.5 Å². The Hall–Kier alpha value is -3.22. The van der Waals surface area contributed by atoms with Gasteiger partial charge in [0.05, 0.1) is 14.2 Å². The smallest absolute Gasteiger partial charge is 0.347 e. The van der Waals surface area contributed by atoms with Crippen LogP contribution in [0, 0.1) is 0 Å². The van der Waals surface area contributed by atoms with Gasteiger partial charge in [-0.3, -0.25) is 0 Å². The molecule has 0 heterocycles. The van der Waals surface area contributed by atoms with E-state index in [1.54, 1.807) is 19.2 Å². The van der Waals surface area contributed by atoms with Crippen molar-refractivity contribution in [3.8, 4) is 23.0 Å². The second kappa shape index (κ2) is 12.7. The molecule has 33 heavy (non-hydrogen) atoms. The topological polar surface area (TPSA) is 102 Å². The molecule has 0 unspecified atom stereocenters. The number of hydrogen-bond acceptors (Lipinski definition) is 6. The van der Waals surface area contributed by atoms with Gasteiger partial charge in [-0.25, -0.2) is 9.59 Å². The molecule has 0 aromatic heterocycles. The molecule has 0 atom stereocenters. The third kappa shape index (κ3) is 6.88. The predicted octanol–water partition coefficient (Wildman–Crippen LogP) is 5.79. The van der Waals surface area contributed by atoms with Crippen molar-refractivity contribution in [1.82, 2.24) is 0 Å². The number of carbonyl (C=O) groups is 2. The number of aromatic carboxylic acids is 1. The molecule has 0 saturated heterocycles. The van der Waals surface area contributed by atoms with Gasteiger partial charge in [0.1, 0.15) is 34.1 Å². The van der Waals surface area contributed by atoms with Crippen molar-refractivity contribution >= 4 is 11.9 Å². The second-order valence-electron chi connectivity index (χ2n) is 7.95. The van der Waals surface area contributed by atoms with Crippen LogP contribution in [0.1, 0.15) is 84.2 Å². The molecular formula is C26H34O7. The van der Waals surface area contributed by atoms with Crippen LogP contribution < -0.4 is 14.2 Å². The fourth-order valence-electron chi connectivity index (χ4n) is 3.80. The van der Waals surface area contributed by atoms with Gasteiger partial charge in [0.2, 0.25) is 0 Å². The quantitative estimate of drug-likeness (QED) is 0.222. The maximum atomic E-state index is 13.2. The zero-order valence-electron chi connectivity index (χ0n) is 19.9. The Bertz CT molecular complexity index is 966. The molecule has 7 heteroatoms. The molecular weight excluding hydrogens is 424 g/mol. The van der Waals surface area contributed by atoms with Gasteiger partial charge in [0.25, 0.3) is 0 Å². The number of rotatable bonds is 13. The molecule has 0 aliphatic heterocycles. The summed E-state index contributed by atoms with van der Waals surface area (Å²) in [5.41, 5.74) is 1.32. The summed E-state index contributed by atoms with van der Waals surface area (Å²) in [5, 5.41) is 19.9. The van der Waals surface area contributed by atoms with E-state index in [0.29, 0.717) is 35.5 Å². The average molecular weight is 459 g/mol. The zero-order valence-corrected chi connectivity index (χ0v) is 19.9. The number of carboxylic acid groups (broad SMARTS) is 1. The van der Waals surface area contributed by atoms with Gasteiger partial charge in [0, 0.05) is 12.1 Å². The van der Waals surface area contributed by atoms with E-state index in [0.717, 1.165) is 50.2 Å². The highest BCUT2D eigenvalue weighted by atomic mass is 16.5. The third-order valence-corrected chi connectivity index (χ3v) is 5.51. The number of hydrogen-bond donors (Lipinski definition) is 2. The van der Waals surface area contributed by atoms with Crippen LogP contribution in [-0.2, 0) is 12.8 Å². The van der Waals surface area contributed by atoms with Crippen LogP contribution in [-0.4, -0.2) is 36.4 Å². The lowest BCUT2D eigenvalue weighted by molar-refractivity contribution is 0.0692. The third-order valence-electron chi connectivity index (χ3n) is 5.51. The summed E-state index contributed by atoms with van der Waals surface area (Å²) in [6.07, 6.45) is 6.72. The fourth-order valence-corrected chi connectivity index (χ4v) is 3.80. The molecule has 180 valence electrons. The fraction of sp³-hybridized carbons (Fsp3) is 0.462. The molecule has 0 fully saturated rings. The summed E-state index contributed by atoms with van der Waals surface area (Å²) in [4.78, 5) is 24.9. The van der Waals surface area contributed by atoms with Gasteiger partial charge in [-0.15, -0.1) is 0 Å². The lowest BCUT2D eigenvalue weighted by Crippen LogP contribution is -2.14. The number of aromatic hydroxyl groups is 1. The van der Waals surface area contributed by atoms with Gasteiger partial charge < -0.3 is 24.4 Å². The molecule has 0 bridgehead atoms. The van der Waals surface area contributed by atoms with Crippen LogP contribution in [0.4, 0.5) is 0 Å². The Morgan fingerprint density at radius 3 is 1.88 bits per heavy atom. The first kappa shape index (κ1) is 26.0. The molecule has 7 nitrogen and oxygen atoms in total. The lowest BCUT2D eigenvalue weighted by Gasteiger charge is -2.16. The molecule has 2 rings (SSSR count). The van der Waals surface area contributed by atoms with Gasteiger partial charge in [0.15, 0.2) is 0 Å². The number of aryl methyl sites for hydroxylation is 2. The summed E-state index contributed by atoms with van der Waals surface area (Å²) in [5.74, 6) is -1.28. The summed E-state index contributed by atoms with van der Waals surface area (Å²) in [6, 6.07) is 6.11.